The zero-order valence-electron chi connectivity index (χ0n) is 10.1. The normalized spacial score (nSPS) is 11.0. The molecular formula is C12H16N2O2S. The van der Waals surface area contributed by atoms with Crippen molar-refractivity contribution in [3.8, 4) is 5.75 Å². The van der Waals surface area contributed by atoms with Crippen LogP contribution in [-0.2, 0) is 0 Å². The van der Waals surface area contributed by atoms with Crippen molar-refractivity contribution in [2.24, 2.45) is 5.73 Å². The number of nitrogens with two attached hydrogens (primary N) is 1. The molecular weight excluding hydrogens is 236 g/mol. The van der Waals surface area contributed by atoms with E-state index in [9.17, 15) is 9.90 Å². The lowest BCUT2D eigenvalue weighted by atomic mass is 10.0. The van der Waals surface area contributed by atoms with Gasteiger partial charge in [0.15, 0.2) is 0 Å². The van der Waals surface area contributed by atoms with Crippen molar-refractivity contribution in [1.82, 2.24) is 5.32 Å². The van der Waals surface area contributed by atoms with Crippen LogP contribution in [-0.4, -0.2) is 21.5 Å². The third kappa shape index (κ3) is 3.17. The number of nitrogens with one attached hydrogen (secondary N) is 1. The van der Waals surface area contributed by atoms with Gasteiger partial charge in [0.25, 0.3) is 5.91 Å². The summed E-state index contributed by atoms with van der Waals surface area (Å²) < 4.78 is 0. The molecule has 0 heterocycles. The van der Waals surface area contributed by atoms with Gasteiger partial charge >= 0.3 is 0 Å². The van der Waals surface area contributed by atoms with Gasteiger partial charge in [0.1, 0.15) is 5.75 Å². The van der Waals surface area contributed by atoms with Crippen LogP contribution in [0.2, 0.25) is 0 Å². The minimum absolute atomic E-state index is 0.0631. The van der Waals surface area contributed by atoms with Gasteiger partial charge in [-0.05, 0) is 32.9 Å². The SMILES string of the molecule is Cc1ccc(O)c(C(=O)NC(C)(C)C(N)=S)c1. The average molecular weight is 252 g/mol. The number of thiocarbonyl (C=S) groups is 1. The van der Waals surface area contributed by atoms with E-state index in [4.69, 9.17) is 18.0 Å². The molecule has 1 rings (SSSR count). The van der Waals surface area contributed by atoms with E-state index in [2.05, 4.69) is 5.32 Å². The van der Waals surface area contributed by atoms with Crippen molar-refractivity contribution in [2.75, 3.05) is 0 Å². The standard InChI is InChI=1S/C12H16N2O2S/c1-7-4-5-9(15)8(6-7)10(16)14-12(2,3)11(13)17/h4-6,15H,1-3H3,(H2,13,17)(H,14,16). The Morgan fingerprint density at radius 2 is 2.06 bits per heavy atom. The fourth-order valence-electron chi connectivity index (χ4n) is 1.24. The van der Waals surface area contributed by atoms with Crippen LogP contribution in [0.25, 0.3) is 0 Å². The molecule has 1 amide bonds. The van der Waals surface area contributed by atoms with E-state index in [1.807, 2.05) is 6.92 Å². The van der Waals surface area contributed by atoms with Crippen LogP contribution in [0.15, 0.2) is 18.2 Å². The smallest absolute Gasteiger partial charge is 0.255 e. The highest BCUT2D eigenvalue weighted by Crippen LogP contribution is 2.19. The summed E-state index contributed by atoms with van der Waals surface area (Å²) >= 11 is 4.86. The lowest BCUT2D eigenvalue weighted by Crippen LogP contribution is -2.52. The molecule has 0 fully saturated rings. The summed E-state index contributed by atoms with van der Waals surface area (Å²) in [5, 5.41) is 12.3. The summed E-state index contributed by atoms with van der Waals surface area (Å²) in [6, 6.07) is 4.82. The highest BCUT2D eigenvalue weighted by molar-refractivity contribution is 7.80. The quantitative estimate of drug-likeness (QED) is 0.713. The van der Waals surface area contributed by atoms with E-state index < -0.39 is 11.4 Å². The van der Waals surface area contributed by atoms with E-state index in [0.717, 1.165) is 5.56 Å². The van der Waals surface area contributed by atoms with E-state index in [1.165, 1.54) is 6.07 Å². The monoisotopic (exact) mass is 252 g/mol. The zero-order valence-corrected chi connectivity index (χ0v) is 10.9. The Labute approximate surface area is 106 Å². The zero-order chi connectivity index (χ0) is 13.2. The first kappa shape index (κ1) is 13.4. The highest BCUT2D eigenvalue weighted by atomic mass is 32.1. The molecule has 0 saturated carbocycles. The molecule has 1 aromatic rings. The Bertz CT molecular complexity index is 470. The minimum atomic E-state index is -0.789. The van der Waals surface area contributed by atoms with E-state index in [1.54, 1.807) is 26.0 Å². The molecule has 1 aromatic carbocycles. The van der Waals surface area contributed by atoms with Crippen molar-refractivity contribution in [3.63, 3.8) is 0 Å². The molecule has 0 aliphatic carbocycles. The molecule has 0 unspecified atom stereocenters. The predicted molar refractivity (Wildman–Crippen MR) is 71.2 cm³/mol. The molecule has 0 bridgehead atoms. The number of carbonyl (C=O) groups excluding carboxylic acids is 1. The molecule has 0 aliphatic heterocycles. The van der Waals surface area contributed by atoms with Crippen LogP contribution in [0, 0.1) is 6.92 Å². The number of hydrogen-bond donors (Lipinski definition) is 3. The van der Waals surface area contributed by atoms with Crippen molar-refractivity contribution in [2.45, 2.75) is 26.3 Å². The molecule has 4 nitrogen and oxygen atoms in total. The van der Waals surface area contributed by atoms with Gasteiger partial charge in [-0.15, -0.1) is 0 Å². The maximum absolute atomic E-state index is 12.0. The lowest BCUT2D eigenvalue weighted by molar-refractivity contribution is 0.0929. The number of amides is 1. The fraction of sp³-hybridized carbons (Fsp3) is 0.333. The molecule has 0 aromatic heterocycles. The topological polar surface area (TPSA) is 75.3 Å². The van der Waals surface area contributed by atoms with Crippen molar-refractivity contribution < 1.29 is 9.90 Å². The third-order valence-electron chi connectivity index (χ3n) is 2.44. The van der Waals surface area contributed by atoms with Crippen molar-refractivity contribution in [1.29, 1.82) is 0 Å². The summed E-state index contributed by atoms with van der Waals surface area (Å²) in [5.74, 6) is -0.462. The van der Waals surface area contributed by atoms with E-state index in [0.29, 0.717) is 0 Å². The molecule has 0 saturated heterocycles. The number of hydrogen-bond acceptors (Lipinski definition) is 3. The second-order valence-electron chi connectivity index (χ2n) is 4.46. The summed E-state index contributed by atoms with van der Waals surface area (Å²) in [6.07, 6.45) is 0. The Morgan fingerprint density at radius 3 is 2.59 bits per heavy atom. The van der Waals surface area contributed by atoms with Gasteiger partial charge in [0.05, 0.1) is 16.1 Å². The highest BCUT2D eigenvalue weighted by Gasteiger charge is 2.25. The summed E-state index contributed by atoms with van der Waals surface area (Å²) in [6.45, 7) is 5.26. The van der Waals surface area contributed by atoms with Crippen molar-refractivity contribution in [3.05, 3.63) is 29.3 Å². The summed E-state index contributed by atoms with van der Waals surface area (Å²) in [4.78, 5) is 12.1. The Hall–Kier alpha value is -1.62. The molecule has 92 valence electrons. The first-order chi connectivity index (χ1) is 7.74. The molecule has 17 heavy (non-hydrogen) atoms. The predicted octanol–water partition coefficient (Wildman–Crippen LogP) is 1.50. The van der Waals surface area contributed by atoms with Gasteiger partial charge in [-0.1, -0.05) is 23.8 Å². The van der Waals surface area contributed by atoms with E-state index in [-0.39, 0.29) is 16.3 Å². The Balaban J connectivity index is 2.98. The van der Waals surface area contributed by atoms with Crippen LogP contribution >= 0.6 is 12.2 Å². The fourth-order valence-corrected chi connectivity index (χ4v) is 1.30. The summed E-state index contributed by atoms with van der Waals surface area (Å²) in [5.41, 5.74) is 5.84. The number of carbonyl (C=O) groups is 1. The second-order valence-corrected chi connectivity index (χ2v) is 4.90. The van der Waals surface area contributed by atoms with Crippen LogP contribution in [0.1, 0.15) is 29.8 Å². The maximum Gasteiger partial charge on any atom is 0.255 e. The number of phenolic OH excluding ortho intramolecular Hbond substituents is 1. The number of rotatable bonds is 3. The van der Waals surface area contributed by atoms with Crippen LogP contribution in [0.4, 0.5) is 0 Å². The largest absolute Gasteiger partial charge is 0.507 e. The summed E-state index contributed by atoms with van der Waals surface area (Å²) in [7, 11) is 0. The number of phenols is 1. The average Bonchev–Trinajstić information content (AvgIpc) is 2.20. The van der Waals surface area contributed by atoms with Gasteiger partial charge < -0.3 is 16.2 Å². The van der Waals surface area contributed by atoms with Gasteiger partial charge in [-0.2, -0.15) is 0 Å². The van der Waals surface area contributed by atoms with Crippen molar-refractivity contribution >= 4 is 23.1 Å². The van der Waals surface area contributed by atoms with E-state index >= 15 is 0 Å². The Kier molecular flexibility index (Phi) is 3.72. The molecule has 0 radical (unpaired) electrons. The molecule has 4 N–H and O–H groups in total. The third-order valence-corrected chi connectivity index (χ3v) is 2.95. The van der Waals surface area contributed by atoms with Crippen LogP contribution in [0.5, 0.6) is 5.75 Å². The van der Waals surface area contributed by atoms with Gasteiger partial charge in [-0.25, -0.2) is 0 Å². The molecule has 0 aliphatic rings. The molecule has 5 heteroatoms. The van der Waals surface area contributed by atoms with Crippen LogP contribution < -0.4 is 11.1 Å². The van der Waals surface area contributed by atoms with Gasteiger partial charge in [0, 0.05) is 0 Å². The van der Waals surface area contributed by atoms with Gasteiger partial charge in [0.2, 0.25) is 0 Å². The molecule has 0 spiro atoms. The second kappa shape index (κ2) is 4.71. The lowest BCUT2D eigenvalue weighted by Gasteiger charge is -2.25. The van der Waals surface area contributed by atoms with Gasteiger partial charge in [-0.3, -0.25) is 4.79 Å². The minimum Gasteiger partial charge on any atom is -0.507 e. The maximum atomic E-state index is 12.0. The number of aromatic hydroxyl groups is 1. The molecule has 0 atom stereocenters. The first-order valence-corrected chi connectivity index (χ1v) is 5.57. The number of benzene rings is 1. The first-order valence-electron chi connectivity index (χ1n) is 5.16. The van der Waals surface area contributed by atoms with Crippen LogP contribution in [0.3, 0.4) is 0 Å². The number of aryl methyl sites for hydroxylation is 1. The Morgan fingerprint density at radius 1 is 1.47 bits per heavy atom.